The average molecular weight is 411 g/mol. The fourth-order valence-electron chi connectivity index (χ4n) is 3.32. The van der Waals surface area contributed by atoms with Crippen molar-refractivity contribution in [2.75, 3.05) is 5.32 Å². The van der Waals surface area contributed by atoms with Crippen molar-refractivity contribution >= 4 is 17.7 Å². The lowest BCUT2D eigenvalue weighted by molar-refractivity contribution is -0.112. The topological polar surface area (TPSA) is 62.1 Å². The van der Waals surface area contributed by atoms with Crippen LogP contribution < -0.4 is 10.1 Å². The summed E-state index contributed by atoms with van der Waals surface area (Å²) in [7, 11) is 0. The molecular weight excluding hydrogens is 384 g/mol. The molecule has 0 aliphatic rings. The molecule has 0 bridgehead atoms. The lowest BCUT2D eigenvalue weighted by Gasteiger charge is -2.09. The third-order valence-electron chi connectivity index (χ3n) is 4.86. The molecule has 4 nitrogen and oxygen atoms in total. The molecule has 1 amide bonds. The molecule has 0 atom stereocenters. The van der Waals surface area contributed by atoms with E-state index in [2.05, 4.69) is 44.3 Å². The number of nitrogens with zero attached hydrogens (tertiary/aromatic N) is 1. The Hall–Kier alpha value is -3.84. The number of hydrogen-bond donors (Lipinski definition) is 1. The van der Waals surface area contributed by atoms with E-state index in [0.29, 0.717) is 12.3 Å². The molecule has 0 aliphatic heterocycles. The summed E-state index contributed by atoms with van der Waals surface area (Å²) >= 11 is 0. The summed E-state index contributed by atoms with van der Waals surface area (Å²) in [5, 5.41) is 12.2. The van der Waals surface area contributed by atoms with Crippen molar-refractivity contribution in [2.24, 2.45) is 0 Å². The minimum Gasteiger partial charge on any atom is -0.489 e. The van der Waals surface area contributed by atoms with Crippen LogP contribution in [0.4, 0.5) is 5.69 Å². The molecule has 0 saturated carbocycles. The van der Waals surface area contributed by atoms with Crippen molar-refractivity contribution in [1.82, 2.24) is 0 Å². The Kier molecular flexibility index (Phi) is 7.24. The van der Waals surface area contributed by atoms with Crippen molar-refractivity contribution in [1.29, 1.82) is 5.26 Å². The van der Waals surface area contributed by atoms with E-state index < -0.39 is 5.91 Å². The summed E-state index contributed by atoms with van der Waals surface area (Å²) in [5.41, 5.74) is 6.20. The lowest BCUT2D eigenvalue weighted by atomic mass is 10.1. The number of nitriles is 1. The second-order valence-corrected chi connectivity index (χ2v) is 7.53. The Labute approximate surface area is 183 Å². The highest BCUT2D eigenvalue weighted by atomic mass is 16.5. The van der Waals surface area contributed by atoms with Crippen LogP contribution in [0.25, 0.3) is 6.08 Å². The Balaban J connectivity index is 1.64. The predicted octanol–water partition coefficient (Wildman–Crippen LogP) is 5.99. The van der Waals surface area contributed by atoms with E-state index in [-0.39, 0.29) is 5.57 Å². The van der Waals surface area contributed by atoms with Crippen LogP contribution in [0, 0.1) is 25.2 Å². The van der Waals surface area contributed by atoms with Crippen LogP contribution in [0.15, 0.2) is 72.3 Å². The maximum Gasteiger partial charge on any atom is 0.266 e. The highest BCUT2D eigenvalue weighted by Crippen LogP contribution is 2.18. The third-order valence-corrected chi connectivity index (χ3v) is 4.86. The average Bonchev–Trinajstić information content (AvgIpc) is 2.76. The van der Waals surface area contributed by atoms with Gasteiger partial charge in [-0.15, -0.1) is 0 Å². The van der Waals surface area contributed by atoms with Gasteiger partial charge in [0, 0.05) is 5.69 Å². The fraction of sp³-hybridized carbons (Fsp3) is 0.185. The molecule has 4 heteroatoms. The molecule has 0 heterocycles. The number of amides is 1. The van der Waals surface area contributed by atoms with Gasteiger partial charge in [0.25, 0.3) is 5.91 Å². The summed E-state index contributed by atoms with van der Waals surface area (Å²) in [6.45, 7) is 6.70. The summed E-state index contributed by atoms with van der Waals surface area (Å²) in [6.07, 6.45) is 2.51. The van der Waals surface area contributed by atoms with Gasteiger partial charge in [-0.25, -0.2) is 0 Å². The molecule has 0 unspecified atom stereocenters. The Morgan fingerprint density at radius 3 is 2.19 bits per heavy atom. The molecule has 0 aromatic heterocycles. The molecule has 0 saturated heterocycles. The van der Waals surface area contributed by atoms with Crippen LogP contribution in [0.3, 0.4) is 0 Å². The summed E-state index contributed by atoms with van der Waals surface area (Å²) in [5.74, 6) is 0.303. The number of benzene rings is 3. The largest absolute Gasteiger partial charge is 0.489 e. The summed E-state index contributed by atoms with van der Waals surface area (Å²) < 4.78 is 5.87. The summed E-state index contributed by atoms with van der Waals surface area (Å²) in [6, 6.07) is 23.3. The minimum atomic E-state index is -0.429. The van der Waals surface area contributed by atoms with E-state index in [1.807, 2.05) is 54.6 Å². The van der Waals surface area contributed by atoms with E-state index in [9.17, 15) is 10.1 Å². The van der Waals surface area contributed by atoms with Gasteiger partial charge in [0.2, 0.25) is 0 Å². The van der Waals surface area contributed by atoms with Crippen LogP contribution in [0.1, 0.15) is 34.7 Å². The molecule has 0 radical (unpaired) electrons. The van der Waals surface area contributed by atoms with Crippen molar-refractivity contribution < 1.29 is 9.53 Å². The second kappa shape index (κ2) is 10.3. The first-order valence-corrected chi connectivity index (χ1v) is 10.3. The molecular formula is C27H26N2O2. The van der Waals surface area contributed by atoms with Gasteiger partial charge in [-0.2, -0.15) is 5.26 Å². The molecule has 3 aromatic carbocycles. The fourth-order valence-corrected chi connectivity index (χ4v) is 3.32. The van der Waals surface area contributed by atoms with E-state index in [0.717, 1.165) is 23.3 Å². The van der Waals surface area contributed by atoms with Crippen LogP contribution in [0.5, 0.6) is 5.75 Å². The maximum absolute atomic E-state index is 12.5. The van der Waals surface area contributed by atoms with E-state index >= 15 is 0 Å². The molecule has 0 spiro atoms. The summed E-state index contributed by atoms with van der Waals surface area (Å²) in [4.78, 5) is 12.5. The first kappa shape index (κ1) is 21.9. The SMILES string of the molecule is CCc1ccc(NC(=O)/C(C#N)=C/c2ccc(OCc3cc(C)cc(C)c3)cc2)cc1. The second-order valence-electron chi connectivity index (χ2n) is 7.53. The molecule has 3 aromatic rings. The van der Waals surface area contributed by atoms with Gasteiger partial charge in [-0.3, -0.25) is 4.79 Å². The zero-order chi connectivity index (χ0) is 22.2. The van der Waals surface area contributed by atoms with E-state index in [4.69, 9.17) is 4.74 Å². The van der Waals surface area contributed by atoms with Gasteiger partial charge in [0.05, 0.1) is 0 Å². The number of rotatable bonds is 7. The monoisotopic (exact) mass is 410 g/mol. The van der Waals surface area contributed by atoms with Gasteiger partial charge < -0.3 is 10.1 Å². The van der Waals surface area contributed by atoms with E-state index in [1.54, 1.807) is 6.08 Å². The Morgan fingerprint density at radius 1 is 0.968 bits per heavy atom. The first-order valence-electron chi connectivity index (χ1n) is 10.3. The third kappa shape index (κ3) is 6.32. The first-order chi connectivity index (χ1) is 15.0. The van der Waals surface area contributed by atoms with Gasteiger partial charge >= 0.3 is 0 Å². The van der Waals surface area contributed by atoms with Crippen molar-refractivity contribution in [2.45, 2.75) is 33.8 Å². The van der Waals surface area contributed by atoms with Crippen LogP contribution in [-0.2, 0) is 17.8 Å². The normalized spacial score (nSPS) is 11.0. The van der Waals surface area contributed by atoms with Gasteiger partial charge in [-0.1, -0.05) is 60.5 Å². The molecule has 0 aliphatic carbocycles. The van der Waals surface area contributed by atoms with Crippen LogP contribution >= 0.6 is 0 Å². The van der Waals surface area contributed by atoms with E-state index in [1.165, 1.54) is 16.7 Å². The smallest absolute Gasteiger partial charge is 0.266 e. The van der Waals surface area contributed by atoms with Crippen molar-refractivity contribution in [3.8, 4) is 11.8 Å². The number of carbonyl (C=O) groups is 1. The quantitative estimate of drug-likeness (QED) is 0.384. The standard InChI is InChI=1S/C27H26N2O2/c1-4-21-5-9-25(10-6-21)29-27(30)24(17-28)16-22-7-11-26(12-8-22)31-18-23-14-19(2)13-20(3)15-23/h5-16H,4,18H2,1-3H3,(H,29,30)/b24-16+. The number of nitrogens with one attached hydrogen (secondary N) is 1. The number of carbonyl (C=O) groups excluding carboxylic acids is 1. The zero-order valence-corrected chi connectivity index (χ0v) is 18.1. The van der Waals surface area contributed by atoms with Gasteiger partial charge in [0.15, 0.2) is 0 Å². The predicted molar refractivity (Wildman–Crippen MR) is 125 cm³/mol. The van der Waals surface area contributed by atoms with Crippen molar-refractivity contribution in [3.05, 3.63) is 100 Å². The van der Waals surface area contributed by atoms with Crippen LogP contribution in [0.2, 0.25) is 0 Å². The van der Waals surface area contributed by atoms with Crippen molar-refractivity contribution in [3.63, 3.8) is 0 Å². The lowest BCUT2D eigenvalue weighted by Crippen LogP contribution is -2.13. The highest BCUT2D eigenvalue weighted by molar-refractivity contribution is 6.09. The molecule has 31 heavy (non-hydrogen) atoms. The van der Waals surface area contributed by atoms with Gasteiger partial charge in [0.1, 0.15) is 24.0 Å². The molecule has 156 valence electrons. The number of hydrogen-bond acceptors (Lipinski definition) is 3. The maximum atomic E-state index is 12.5. The molecule has 0 fully saturated rings. The number of aryl methyl sites for hydroxylation is 3. The number of anilines is 1. The molecule has 3 rings (SSSR count). The minimum absolute atomic E-state index is 0.0449. The Morgan fingerprint density at radius 2 is 1.61 bits per heavy atom. The van der Waals surface area contributed by atoms with Gasteiger partial charge in [-0.05, 0) is 67.3 Å². The zero-order valence-electron chi connectivity index (χ0n) is 18.1. The highest BCUT2D eigenvalue weighted by Gasteiger charge is 2.09. The number of ether oxygens (including phenoxy) is 1. The van der Waals surface area contributed by atoms with Crippen LogP contribution in [-0.4, -0.2) is 5.91 Å². The molecule has 1 N–H and O–H groups in total. The Bertz CT molecular complexity index is 1100.